The highest BCUT2D eigenvalue weighted by molar-refractivity contribution is 7.10. The lowest BCUT2D eigenvalue weighted by Gasteiger charge is -2.34. The van der Waals surface area contributed by atoms with Gasteiger partial charge in [0.05, 0.1) is 19.3 Å². The number of morpholine rings is 1. The van der Waals surface area contributed by atoms with E-state index in [1.54, 1.807) is 0 Å². The predicted octanol–water partition coefficient (Wildman–Crippen LogP) is 2.94. The number of benzene rings is 1. The molecule has 1 unspecified atom stereocenters. The first kappa shape index (κ1) is 22.7. The Hall–Kier alpha value is -1.93. The summed E-state index contributed by atoms with van der Waals surface area (Å²) >= 11 is 1.82. The molecule has 2 heterocycles. The summed E-state index contributed by atoms with van der Waals surface area (Å²) in [6, 6.07) is 13.5. The molecule has 1 aromatic carbocycles. The van der Waals surface area contributed by atoms with Gasteiger partial charge in [-0.15, -0.1) is 11.3 Å². The number of nitrogens with zero attached hydrogens (tertiary/aromatic N) is 3. The minimum Gasteiger partial charge on any atom is -0.379 e. The van der Waals surface area contributed by atoms with E-state index in [-0.39, 0.29) is 0 Å². The van der Waals surface area contributed by atoms with Gasteiger partial charge in [0, 0.05) is 44.6 Å². The third kappa shape index (κ3) is 6.80. The number of thiophene rings is 1. The SMILES string of the molecule is CCN(C)Cc1cccc(CNC(=NC)NCC(c2cccs2)N2CCOCC2)c1. The summed E-state index contributed by atoms with van der Waals surface area (Å²) in [5, 5.41) is 9.16. The van der Waals surface area contributed by atoms with Crippen molar-refractivity contribution in [2.24, 2.45) is 4.99 Å². The molecular formula is C23H35N5OS. The van der Waals surface area contributed by atoms with Crippen LogP contribution >= 0.6 is 11.3 Å². The average molecular weight is 430 g/mol. The first-order valence-electron chi connectivity index (χ1n) is 10.8. The van der Waals surface area contributed by atoms with Crippen LogP contribution in [0.3, 0.4) is 0 Å². The molecule has 1 aliphatic heterocycles. The van der Waals surface area contributed by atoms with E-state index in [1.165, 1.54) is 16.0 Å². The van der Waals surface area contributed by atoms with Crippen LogP contribution in [-0.4, -0.2) is 69.2 Å². The van der Waals surface area contributed by atoms with E-state index in [0.29, 0.717) is 6.04 Å². The fourth-order valence-electron chi connectivity index (χ4n) is 3.64. The Bertz CT molecular complexity index is 774. The number of guanidine groups is 1. The van der Waals surface area contributed by atoms with E-state index < -0.39 is 0 Å². The van der Waals surface area contributed by atoms with Gasteiger partial charge in [0.2, 0.25) is 0 Å². The number of rotatable bonds is 9. The fraction of sp³-hybridized carbons (Fsp3) is 0.522. The molecule has 0 radical (unpaired) electrons. The van der Waals surface area contributed by atoms with Crippen LogP contribution in [-0.2, 0) is 17.8 Å². The Labute approximate surface area is 184 Å². The van der Waals surface area contributed by atoms with Gasteiger partial charge in [-0.05, 0) is 36.2 Å². The van der Waals surface area contributed by atoms with Crippen LogP contribution in [0.5, 0.6) is 0 Å². The largest absolute Gasteiger partial charge is 0.379 e. The maximum atomic E-state index is 5.54. The van der Waals surface area contributed by atoms with Crippen molar-refractivity contribution < 1.29 is 4.74 Å². The normalized spacial score (nSPS) is 16.6. The highest BCUT2D eigenvalue weighted by Crippen LogP contribution is 2.25. The Morgan fingerprint density at radius 2 is 2.00 bits per heavy atom. The molecule has 0 bridgehead atoms. The molecule has 0 amide bonds. The molecule has 3 rings (SSSR count). The summed E-state index contributed by atoms with van der Waals surface area (Å²) in [6.07, 6.45) is 0. The first-order valence-corrected chi connectivity index (χ1v) is 11.6. The molecule has 0 saturated carbocycles. The van der Waals surface area contributed by atoms with Gasteiger partial charge >= 0.3 is 0 Å². The molecule has 1 fully saturated rings. The predicted molar refractivity (Wildman–Crippen MR) is 126 cm³/mol. The number of nitrogens with one attached hydrogen (secondary N) is 2. The maximum absolute atomic E-state index is 5.54. The molecule has 7 heteroatoms. The number of hydrogen-bond acceptors (Lipinski definition) is 5. The van der Waals surface area contributed by atoms with Crippen LogP contribution in [0.15, 0.2) is 46.8 Å². The Balaban J connectivity index is 1.55. The molecule has 1 saturated heterocycles. The van der Waals surface area contributed by atoms with E-state index in [2.05, 4.69) is 81.2 Å². The Morgan fingerprint density at radius 3 is 2.70 bits per heavy atom. The number of ether oxygens (including phenoxy) is 1. The van der Waals surface area contributed by atoms with E-state index in [4.69, 9.17) is 4.74 Å². The molecule has 30 heavy (non-hydrogen) atoms. The highest BCUT2D eigenvalue weighted by atomic mass is 32.1. The molecular weight excluding hydrogens is 394 g/mol. The topological polar surface area (TPSA) is 52.1 Å². The summed E-state index contributed by atoms with van der Waals surface area (Å²) in [4.78, 5) is 10.6. The van der Waals surface area contributed by atoms with Gasteiger partial charge in [-0.3, -0.25) is 9.89 Å². The second kappa shape index (κ2) is 12.1. The smallest absolute Gasteiger partial charge is 0.191 e. The quantitative estimate of drug-likeness (QED) is 0.474. The minimum atomic E-state index is 0.334. The summed E-state index contributed by atoms with van der Waals surface area (Å²) in [6.45, 7) is 9.32. The van der Waals surface area contributed by atoms with Crippen LogP contribution < -0.4 is 10.6 Å². The van der Waals surface area contributed by atoms with E-state index >= 15 is 0 Å². The van der Waals surface area contributed by atoms with Crippen molar-refractivity contribution in [2.75, 3.05) is 53.5 Å². The molecule has 1 aromatic heterocycles. The lowest BCUT2D eigenvalue weighted by Crippen LogP contribution is -2.46. The third-order valence-electron chi connectivity index (χ3n) is 5.49. The zero-order valence-electron chi connectivity index (χ0n) is 18.4. The molecule has 0 spiro atoms. The van der Waals surface area contributed by atoms with E-state index in [1.807, 2.05) is 18.4 Å². The molecule has 0 aliphatic carbocycles. The molecule has 2 aromatic rings. The second-order valence-electron chi connectivity index (χ2n) is 7.64. The maximum Gasteiger partial charge on any atom is 0.191 e. The lowest BCUT2D eigenvalue weighted by atomic mass is 10.1. The van der Waals surface area contributed by atoms with Gasteiger partial charge in [-0.1, -0.05) is 37.3 Å². The van der Waals surface area contributed by atoms with Gasteiger partial charge in [-0.2, -0.15) is 0 Å². The first-order chi connectivity index (χ1) is 14.7. The van der Waals surface area contributed by atoms with Crippen molar-refractivity contribution in [2.45, 2.75) is 26.1 Å². The van der Waals surface area contributed by atoms with E-state index in [0.717, 1.165) is 58.4 Å². The zero-order valence-corrected chi connectivity index (χ0v) is 19.3. The standard InChI is InChI=1S/C23H35N5OS/c1-4-27(3)18-20-8-5-7-19(15-20)16-25-23(24-2)26-17-21(22-9-6-14-30-22)28-10-12-29-13-11-28/h5-9,14-15,21H,4,10-13,16-18H2,1-3H3,(H2,24,25,26). The zero-order chi connectivity index (χ0) is 21.2. The lowest BCUT2D eigenvalue weighted by molar-refractivity contribution is 0.0177. The van der Waals surface area contributed by atoms with Gasteiger partial charge in [-0.25, -0.2) is 0 Å². The van der Waals surface area contributed by atoms with Crippen LogP contribution in [0.25, 0.3) is 0 Å². The van der Waals surface area contributed by atoms with Gasteiger partial charge in [0.15, 0.2) is 5.96 Å². The van der Waals surface area contributed by atoms with Crippen LogP contribution in [0, 0.1) is 0 Å². The molecule has 1 aliphatic rings. The van der Waals surface area contributed by atoms with Crippen molar-refractivity contribution in [3.8, 4) is 0 Å². The van der Waals surface area contributed by atoms with Gasteiger partial charge < -0.3 is 20.3 Å². The summed E-state index contributed by atoms with van der Waals surface area (Å²) in [7, 11) is 3.98. The second-order valence-corrected chi connectivity index (χ2v) is 8.62. The van der Waals surface area contributed by atoms with Crippen molar-refractivity contribution in [3.05, 3.63) is 57.8 Å². The van der Waals surface area contributed by atoms with Gasteiger partial charge in [0.1, 0.15) is 0 Å². The van der Waals surface area contributed by atoms with Crippen LogP contribution in [0.1, 0.15) is 29.0 Å². The molecule has 2 N–H and O–H groups in total. The minimum absolute atomic E-state index is 0.334. The van der Waals surface area contributed by atoms with Crippen molar-refractivity contribution in [1.29, 1.82) is 0 Å². The van der Waals surface area contributed by atoms with Crippen molar-refractivity contribution >= 4 is 17.3 Å². The molecule has 164 valence electrons. The summed E-state index contributed by atoms with van der Waals surface area (Å²) < 4.78 is 5.54. The monoisotopic (exact) mass is 429 g/mol. The molecule has 1 atom stereocenters. The summed E-state index contributed by atoms with van der Waals surface area (Å²) in [5.74, 6) is 0.834. The Morgan fingerprint density at radius 1 is 1.20 bits per heavy atom. The number of hydrogen-bond donors (Lipinski definition) is 2. The third-order valence-corrected chi connectivity index (χ3v) is 6.46. The number of aliphatic imine (C=N–C) groups is 1. The average Bonchev–Trinajstić information content (AvgIpc) is 3.31. The van der Waals surface area contributed by atoms with Crippen molar-refractivity contribution in [1.82, 2.24) is 20.4 Å². The van der Waals surface area contributed by atoms with E-state index in [9.17, 15) is 0 Å². The fourth-order valence-corrected chi connectivity index (χ4v) is 4.50. The van der Waals surface area contributed by atoms with Crippen LogP contribution in [0.4, 0.5) is 0 Å². The van der Waals surface area contributed by atoms with Crippen molar-refractivity contribution in [3.63, 3.8) is 0 Å². The van der Waals surface area contributed by atoms with Crippen LogP contribution in [0.2, 0.25) is 0 Å². The summed E-state index contributed by atoms with van der Waals surface area (Å²) in [5.41, 5.74) is 2.61. The Kier molecular flexibility index (Phi) is 9.14. The highest BCUT2D eigenvalue weighted by Gasteiger charge is 2.23. The molecule has 6 nitrogen and oxygen atoms in total. The van der Waals surface area contributed by atoms with Gasteiger partial charge in [0.25, 0.3) is 0 Å².